The number of ether oxygens (including phenoxy) is 1. The van der Waals surface area contributed by atoms with Crippen LogP contribution in [0.2, 0.25) is 0 Å². The Kier molecular flexibility index (Phi) is 3.59. The maximum atomic E-state index is 12.7. The second-order valence-corrected chi connectivity index (χ2v) is 5.79. The molecule has 0 aliphatic carbocycles. The van der Waals surface area contributed by atoms with Crippen LogP contribution in [0.1, 0.15) is 16.1 Å². The van der Waals surface area contributed by atoms with E-state index in [0.29, 0.717) is 5.69 Å². The van der Waals surface area contributed by atoms with Gasteiger partial charge in [0.05, 0.1) is 40.3 Å². The van der Waals surface area contributed by atoms with E-state index in [1.807, 2.05) is 30.0 Å². The van der Waals surface area contributed by atoms with Crippen LogP contribution in [0.25, 0.3) is 10.9 Å². The molecular weight excluding hydrogens is 266 g/mol. The van der Waals surface area contributed by atoms with Crippen molar-refractivity contribution in [2.75, 3.05) is 40.3 Å². The molecule has 3 rings (SSSR count). The first kappa shape index (κ1) is 13.9. The smallest absolute Gasteiger partial charge is 0.270 e. The summed E-state index contributed by atoms with van der Waals surface area (Å²) < 4.78 is 5.26. The number of hydrogen-bond acceptors (Lipinski definition) is 2. The first-order valence-corrected chi connectivity index (χ1v) is 7.37. The van der Waals surface area contributed by atoms with Gasteiger partial charge < -0.3 is 19.5 Å². The number of carbonyl (C=O) groups excluding carboxylic acids is 1. The highest BCUT2D eigenvalue weighted by Gasteiger charge is 2.25. The fourth-order valence-corrected chi connectivity index (χ4v) is 2.90. The Morgan fingerprint density at radius 2 is 2.05 bits per heavy atom. The monoisotopic (exact) mass is 288 g/mol. The van der Waals surface area contributed by atoms with Crippen LogP contribution >= 0.6 is 0 Å². The number of aryl methyl sites for hydroxylation is 1. The molecule has 0 radical (unpaired) electrons. The summed E-state index contributed by atoms with van der Waals surface area (Å²) in [6.07, 6.45) is 0. The number of quaternary nitrogens is 1. The molecule has 1 aliphatic heterocycles. The molecule has 0 atom stereocenters. The van der Waals surface area contributed by atoms with Crippen molar-refractivity contribution < 1.29 is 14.4 Å². The van der Waals surface area contributed by atoms with E-state index in [-0.39, 0.29) is 5.91 Å². The van der Waals surface area contributed by atoms with Crippen molar-refractivity contribution in [2.45, 2.75) is 6.92 Å². The Balaban J connectivity index is 1.93. The third kappa shape index (κ3) is 2.49. The largest absolute Gasteiger partial charge is 0.497 e. The van der Waals surface area contributed by atoms with Gasteiger partial charge in [-0.15, -0.1) is 0 Å². The minimum atomic E-state index is 0.107. The second kappa shape index (κ2) is 5.41. The van der Waals surface area contributed by atoms with Gasteiger partial charge in [0.1, 0.15) is 11.4 Å². The highest BCUT2D eigenvalue weighted by Crippen LogP contribution is 2.26. The highest BCUT2D eigenvalue weighted by atomic mass is 16.5. The van der Waals surface area contributed by atoms with Crippen LogP contribution in [0.15, 0.2) is 18.2 Å². The van der Waals surface area contributed by atoms with E-state index >= 15 is 0 Å². The van der Waals surface area contributed by atoms with Gasteiger partial charge in [0.25, 0.3) is 5.91 Å². The van der Waals surface area contributed by atoms with Crippen molar-refractivity contribution in [3.8, 4) is 5.75 Å². The second-order valence-electron chi connectivity index (χ2n) is 5.79. The van der Waals surface area contributed by atoms with Crippen LogP contribution in [-0.4, -0.2) is 56.1 Å². The SMILES string of the molecule is COc1ccc2[nH]c(C(=O)N3CC[NH+](C)CC3)c(C)c2c1. The Morgan fingerprint density at radius 3 is 2.71 bits per heavy atom. The molecule has 2 heterocycles. The molecule has 1 aromatic heterocycles. The van der Waals surface area contributed by atoms with Gasteiger partial charge in [0, 0.05) is 10.9 Å². The molecule has 1 aliphatic rings. The summed E-state index contributed by atoms with van der Waals surface area (Å²) in [7, 11) is 3.82. The molecule has 112 valence electrons. The number of rotatable bonds is 2. The van der Waals surface area contributed by atoms with Crippen LogP contribution in [0.3, 0.4) is 0 Å². The number of hydrogen-bond donors (Lipinski definition) is 2. The lowest BCUT2D eigenvalue weighted by molar-refractivity contribution is -0.883. The quantitative estimate of drug-likeness (QED) is 0.843. The number of aromatic amines is 1. The molecule has 0 bridgehead atoms. The number of nitrogens with one attached hydrogen (secondary N) is 2. The minimum absolute atomic E-state index is 0.107. The fourth-order valence-electron chi connectivity index (χ4n) is 2.90. The zero-order valence-electron chi connectivity index (χ0n) is 12.8. The Bertz CT molecular complexity index is 669. The fraction of sp³-hybridized carbons (Fsp3) is 0.438. The summed E-state index contributed by atoms with van der Waals surface area (Å²) in [5.74, 6) is 0.918. The number of likely N-dealkylation sites (N-methyl/N-ethyl adjacent to an activating group) is 1. The van der Waals surface area contributed by atoms with Crippen LogP contribution in [0.5, 0.6) is 5.75 Å². The third-order valence-corrected chi connectivity index (χ3v) is 4.38. The van der Waals surface area contributed by atoms with E-state index in [1.54, 1.807) is 7.11 Å². The standard InChI is InChI=1S/C16H21N3O2/c1-11-13-10-12(21-3)4-5-14(13)17-15(11)16(20)19-8-6-18(2)7-9-19/h4-5,10,17H,6-9H2,1-3H3/p+1. The Morgan fingerprint density at radius 1 is 1.33 bits per heavy atom. The zero-order chi connectivity index (χ0) is 15.0. The van der Waals surface area contributed by atoms with Crippen molar-refractivity contribution in [3.63, 3.8) is 0 Å². The predicted octanol–water partition coefficient (Wildman–Crippen LogP) is 0.455. The van der Waals surface area contributed by atoms with Gasteiger partial charge in [0.2, 0.25) is 0 Å². The molecule has 1 saturated heterocycles. The van der Waals surface area contributed by atoms with Gasteiger partial charge in [-0.25, -0.2) is 0 Å². The molecule has 0 unspecified atom stereocenters. The van der Waals surface area contributed by atoms with Crippen LogP contribution in [-0.2, 0) is 0 Å². The summed E-state index contributed by atoms with van der Waals surface area (Å²) in [6, 6.07) is 5.85. The molecular formula is C16H22N3O2+. The number of amides is 1. The molecule has 2 aromatic rings. The number of carbonyl (C=O) groups is 1. The molecule has 1 aromatic carbocycles. The maximum absolute atomic E-state index is 12.7. The molecule has 1 fully saturated rings. The molecule has 2 N–H and O–H groups in total. The number of fused-ring (bicyclic) bond motifs is 1. The summed E-state index contributed by atoms with van der Waals surface area (Å²) in [5, 5.41) is 1.05. The van der Waals surface area contributed by atoms with E-state index in [2.05, 4.69) is 12.0 Å². The van der Waals surface area contributed by atoms with Gasteiger partial charge in [-0.3, -0.25) is 4.79 Å². The van der Waals surface area contributed by atoms with Crippen molar-refractivity contribution in [3.05, 3.63) is 29.5 Å². The van der Waals surface area contributed by atoms with E-state index in [0.717, 1.165) is 48.4 Å². The lowest BCUT2D eigenvalue weighted by Gasteiger charge is -2.29. The Labute approximate surface area is 124 Å². The van der Waals surface area contributed by atoms with Crippen LogP contribution < -0.4 is 9.64 Å². The number of aromatic nitrogens is 1. The average molecular weight is 288 g/mol. The summed E-state index contributed by atoms with van der Waals surface area (Å²) in [5.41, 5.74) is 2.69. The van der Waals surface area contributed by atoms with E-state index in [9.17, 15) is 4.79 Å². The van der Waals surface area contributed by atoms with Crippen LogP contribution in [0.4, 0.5) is 0 Å². The Hall–Kier alpha value is -2.01. The normalized spacial score (nSPS) is 16.4. The summed E-state index contributed by atoms with van der Waals surface area (Å²) in [6.45, 7) is 5.66. The molecule has 0 saturated carbocycles. The van der Waals surface area contributed by atoms with Crippen molar-refractivity contribution in [1.82, 2.24) is 9.88 Å². The number of methoxy groups -OCH3 is 1. The first-order chi connectivity index (χ1) is 10.1. The third-order valence-electron chi connectivity index (χ3n) is 4.38. The lowest BCUT2D eigenvalue weighted by Crippen LogP contribution is -3.12. The van der Waals surface area contributed by atoms with Gasteiger partial charge in [-0.1, -0.05) is 0 Å². The molecule has 5 heteroatoms. The van der Waals surface area contributed by atoms with E-state index < -0.39 is 0 Å². The number of piperazine rings is 1. The maximum Gasteiger partial charge on any atom is 0.270 e. The van der Waals surface area contributed by atoms with Gasteiger partial charge in [-0.2, -0.15) is 0 Å². The van der Waals surface area contributed by atoms with Crippen molar-refractivity contribution >= 4 is 16.8 Å². The van der Waals surface area contributed by atoms with E-state index in [1.165, 1.54) is 4.90 Å². The van der Waals surface area contributed by atoms with Gasteiger partial charge >= 0.3 is 0 Å². The summed E-state index contributed by atoms with van der Waals surface area (Å²) in [4.78, 5) is 19.4. The topological polar surface area (TPSA) is 49.8 Å². The zero-order valence-corrected chi connectivity index (χ0v) is 12.8. The summed E-state index contributed by atoms with van der Waals surface area (Å²) >= 11 is 0. The lowest BCUT2D eigenvalue weighted by atomic mass is 10.1. The average Bonchev–Trinajstić information content (AvgIpc) is 2.84. The van der Waals surface area contributed by atoms with Crippen molar-refractivity contribution in [1.29, 1.82) is 0 Å². The van der Waals surface area contributed by atoms with Crippen molar-refractivity contribution in [2.24, 2.45) is 0 Å². The molecule has 21 heavy (non-hydrogen) atoms. The first-order valence-electron chi connectivity index (χ1n) is 7.37. The van der Waals surface area contributed by atoms with E-state index in [4.69, 9.17) is 4.74 Å². The highest BCUT2D eigenvalue weighted by molar-refractivity contribution is 6.01. The molecule has 0 spiro atoms. The molecule has 1 amide bonds. The predicted molar refractivity (Wildman–Crippen MR) is 82.1 cm³/mol. The number of H-pyrrole nitrogens is 1. The molecule has 5 nitrogen and oxygen atoms in total. The van der Waals surface area contributed by atoms with Gasteiger partial charge in [-0.05, 0) is 30.7 Å². The number of benzene rings is 1. The van der Waals surface area contributed by atoms with Gasteiger partial charge in [0.15, 0.2) is 0 Å². The number of nitrogens with zero attached hydrogens (tertiary/aromatic N) is 1. The van der Waals surface area contributed by atoms with Crippen LogP contribution in [0, 0.1) is 6.92 Å². The minimum Gasteiger partial charge on any atom is -0.497 e.